The monoisotopic (exact) mass is 257 g/mol. The van der Waals surface area contributed by atoms with Gasteiger partial charge in [0.15, 0.2) is 6.23 Å². The molecular weight excluding hydrogens is 234 g/mol. The summed E-state index contributed by atoms with van der Waals surface area (Å²) >= 11 is 0. The van der Waals surface area contributed by atoms with Crippen LogP contribution in [-0.2, 0) is 19.1 Å². The van der Waals surface area contributed by atoms with Crippen LogP contribution in [0.15, 0.2) is 11.6 Å². The fourth-order valence-electron chi connectivity index (χ4n) is 1.43. The van der Waals surface area contributed by atoms with Crippen LogP contribution < -0.4 is 0 Å². The van der Waals surface area contributed by atoms with Gasteiger partial charge in [-0.1, -0.05) is 6.92 Å². The van der Waals surface area contributed by atoms with Gasteiger partial charge in [0.05, 0.1) is 0 Å². The van der Waals surface area contributed by atoms with Gasteiger partial charge in [-0.25, -0.2) is 0 Å². The molecule has 0 aromatic rings. The minimum Gasteiger partial charge on any atom is -0.462 e. The third kappa shape index (κ3) is 5.31. The average molecular weight is 257 g/mol. The molecule has 0 saturated carbocycles. The van der Waals surface area contributed by atoms with Crippen LogP contribution in [0.5, 0.6) is 0 Å². The Labute approximate surface area is 109 Å². The number of carbonyl (C=O) groups is 2. The summed E-state index contributed by atoms with van der Waals surface area (Å²) in [4.78, 5) is 22.3. The number of methoxy groups -OCH3 is 1. The molecule has 1 rings (SSSR count). The zero-order chi connectivity index (χ0) is 14.3. The Hall–Kier alpha value is -1.36. The lowest BCUT2D eigenvalue weighted by atomic mass is 10.2. The Balaban J connectivity index is 0.000000360. The van der Waals surface area contributed by atoms with E-state index in [1.807, 2.05) is 27.7 Å². The second-order valence-electron chi connectivity index (χ2n) is 4.94. The summed E-state index contributed by atoms with van der Waals surface area (Å²) in [5, 5.41) is 0. The number of hydrogen-bond acceptors (Lipinski definition) is 4. The van der Waals surface area contributed by atoms with E-state index in [0.29, 0.717) is 6.47 Å². The molecule has 1 heterocycles. The van der Waals surface area contributed by atoms with Gasteiger partial charge in [-0.2, -0.15) is 0 Å². The van der Waals surface area contributed by atoms with Crippen molar-refractivity contribution in [3.63, 3.8) is 0 Å². The third-order valence-corrected chi connectivity index (χ3v) is 2.36. The molecule has 18 heavy (non-hydrogen) atoms. The zero-order valence-electron chi connectivity index (χ0n) is 12.0. The first kappa shape index (κ1) is 16.6. The van der Waals surface area contributed by atoms with Crippen LogP contribution in [0.3, 0.4) is 0 Å². The molecule has 0 spiro atoms. The number of rotatable bonds is 3. The molecule has 0 aliphatic carbocycles. The molecule has 0 fully saturated rings. The lowest BCUT2D eigenvalue weighted by molar-refractivity contribution is -0.138. The molecule has 5 nitrogen and oxygen atoms in total. The van der Waals surface area contributed by atoms with Gasteiger partial charge in [0.2, 0.25) is 5.91 Å². The fourth-order valence-corrected chi connectivity index (χ4v) is 1.43. The van der Waals surface area contributed by atoms with Gasteiger partial charge in [-0.05, 0) is 32.8 Å². The van der Waals surface area contributed by atoms with Gasteiger partial charge in [0.25, 0.3) is 6.47 Å². The molecule has 0 aromatic carbocycles. The Morgan fingerprint density at radius 3 is 2.22 bits per heavy atom. The minimum absolute atomic E-state index is 0.0358. The van der Waals surface area contributed by atoms with Crippen molar-refractivity contribution in [3.05, 3.63) is 11.6 Å². The van der Waals surface area contributed by atoms with Crippen molar-refractivity contribution in [3.8, 4) is 0 Å². The van der Waals surface area contributed by atoms with E-state index in [9.17, 15) is 9.59 Å². The number of carbonyl (C=O) groups excluding carboxylic acids is 2. The summed E-state index contributed by atoms with van der Waals surface area (Å²) < 4.78 is 9.68. The normalized spacial score (nSPS) is 19.0. The molecule has 1 unspecified atom stereocenters. The first-order valence-electron chi connectivity index (χ1n) is 5.88. The molecule has 1 aliphatic heterocycles. The maximum absolute atomic E-state index is 11.1. The highest BCUT2D eigenvalue weighted by molar-refractivity contribution is 5.91. The lowest BCUT2D eigenvalue weighted by Gasteiger charge is -2.20. The SMILES string of the molecule is CC(C)(C)OC=O.CCC1=CC(=O)N(C)C1OC. The van der Waals surface area contributed by atoms with E-state index in [1.165, 1.54) is 0 Å². The van der Waals surface area contributed by atoms with Crippen molar-refractivity contribution in [2.45, 2.75) is 45.9 Å². The maximum Gasteiger partial charge on any atom is 0.293 e. The van der Waals surface area contributed by atoms with E-state index in [2.05, 4.69) is 4.74 Å². The lowest BCUT2D eigenvalue weighted by Crippen LogP contribution is -2.32. The summed E-state index contributed by atoms with van der Waals surface area (Å²) in [7, 11) is 3.36. The van der Waals surface area contributed by atoms with Crippen LogP contribution in [0, 0.1) is 0 Å². The first-order valence-corrected chi connectivity index (χ1v) is 5.88. The highest BCUT2D eigenvalue weighted by Gasteiger charge is 2.27. The summed E-state index contributed by atoms with van der Waals surface area (Å²) in [6.07, 6.45) is 2.38. The van der Waals surface area contributed by atoms with Crippen molar-refractivity contribution in [2.75, 3.05) is 14.2 Å². The molecule has 0 saturated heterocycles. The average Bonchev–Trinajstić information content (AvgIpc) is 2.53. The van der Waals surface area contributed by atoms with Crippen LogP contribution in [0.25, 0.3) is 0 Å². The van der Waals surface area contributed by atoms with E-state index in [4.69, 9.17) is 4.74 Å². The molecule has 0 N–H and O–H groups in total. The van der Waals surface area contributed by atoms with Gasteiger partial charge in [-0.15, -0.1) is 0 Å². The summed E-state index contributed by atoms with van der Waals surface area (Å²) in [6, 6.07) is 0. The van der Waals surface area contributed by atoms with Gasteiger partial charge < -0.3 is 14.4 Å². The van der Waals surface area contributed by atoms with Gasteiger partial charge in [0.1, 0.15) is 5.60 Å². The van der Waals surface area contributed by atoms with E-state index in [-0.39, 0.29) is 17.7 Å². The number of likely N-dealkylation sites (N-methyl/N-ethyl adjacent to an activating group) is 1. The zero-order valence-corrected chi connectivity index (χ0v) is 12.0. The fraction of sp³-hybridized carbons (Fsp3) is 0.692. The van der Waals surface area contributed by atoms with Crippen LogP contribution in [0.4, 0.5) is 0 Å². The largest absolute Gasteiger partial charge is 0.462 e. The second kappa shape index (κ2) is 7.16. The Morgan fingerprint density at radius 1 is 1.44 bits per heavy atom. The maximum atomic E-state index is 11.1. The van der Waals surface area contributed by atoms with E-state index < -0.39 is 0 Å². The minimum atomic E-state index is -0.318. The van der Waals surface area contributed by atoms with Crippen molar-refractivity contribution in [1.82, 2.24) is 4.90 Å². The molecule has 0 radical (unpaired) electrons. The van der Waals surface area contributed by atoms with Gasteiger partial charge in [-0.3, -0.25) is 9.59 Å². The van der Waals surface area contributed by atoms with Crippen molar-refractivity contribution in [2.24, 2.45) is 0 Å². The smallest absolute Gasteiger partial charge is 0.293 e. The first-order chi connectivity index (χ1) is 8.26. The van der Waals surface area contributed by atoms with Crippen LogP contribution in [0.1, 0.15) is 34.1 Å². The van der Waals surface area contributed by atoms with Gasteiger partial charge in [0, 0.05) is 20.2 Å². The van der Waals surface area contributed by atoms with Gasteiger partial charge >= 0.3 is 0 Å². The van der Waals surface area contributed by atoms with Crippen molar-refractivity contribution >= 4 is 12.4 Å². The number of amides is 1. The van der Waals surface area contributed by atoms with Crippen molar-refractivity contribution in [1.29, 1.82) is 0 Å². The molecule has 1 atom stereocenters. The predicted octanol–water partition coefficient (Wildman–Crippen LogP) is 1.73. The summed E-state index contributed by atoms with van der Waals surface area (Å²) in [5.41, 5.74) is 0.738. The number of ether oxygens (including phenoxy) is 2. The topological polar surface area (TPSA) is 55.8 Å². The van der Waals surface area contributed by atoms with Crippen LogP contribution in [0.2, 0.25) is 0 Å². The molecular formula is C13H23NO4. The molecule has 0 aromatic heterocycles. The highest BCUT2D eigenvalue weighted by Crippen LogP contribution is 2.20. The quantitative estimate of drug-likeness (QED) is 0.722. The Morgan fingerprint density at radius 2 is 2.00 bits per heavy atom. The van der Waals surface area contributed by atoms with Crippen molar-refractivity contribution < 1.29 is 19.1 Å². The highest BCUT2D eigenvalue weighted by atomic mass is 16.5. The standard InChI is InChI=1S/C8H13NO2.C5H10O2/c1-4-6-5-7(10)9(2)8(6)11-3;1-5(2,3)7-4-6/h5,8H,4H2,1-3H3;4H,1-3H3. The number of hydrogen-bond donors (Lipinski definition) is 0. The summed E-state index contributed by atoms with van der Waals surface area (Å²) in [6.45, 7) is 7.94. The van der Waals surface area contributed by atoms with Crippen LogP contribution in [-0.4, -0.2) is 43.3 Å². The molecule has 1 amide bonds. The Kier molecular flexibility index (Phi) is 6.62. The van der Waals surface area contributed by atoms with E-state index >= 15 is 0 Å². The summed E-state index contributed by atoms with van der Waals surface area (Å²) in [5.74, 6) is 0.0358. The molecule has 104 valence electrons. The predicted molar refractivity (Wildman–Crippen MR) is 68.8 cm³/mol. The Bertz CT molecular complexity index is 317. The van der Waals surface area contributed by atoms with Crippen LogP contribution >= 0.6 is 0 Å². The molecule has 1 aliphatic rings. The van der Waals surface area contributed by atoms with E-state index in [1.54, 1.807) is 25.1 Å². The third-order valence-electron chi connectivity index (χ3n) is 2.36. The molecule has 0 bridgehead atoms. The number of nitrogens with zero attached hydrogens (tertiary/aromatic N) is 1. The van der Waals surface area contributed by atoms with E-state index in [0.717, 1.165) is 12.0 Å². The second-order valence-corrected chi connectivity index (χ2v) is 4.94. The molecule has 5 heteroatoms.